The van der Waals surface area contributed by atoms with Crippen molar-refractivity contribution in [2.24, 2.45) is 0 Å². The lowest BCUT2D eigenvalue weighted by Gasteiger charge is -2.33. The quantitative estimate of drug-likeness (QED) is 0.541. The standard InChI is InChI=1S/C28H38N2O2/c1-3-22-15-17-23(18-16-22)19-20-27(31)30(21-24-11-7-5-8-12-24)26(4-2)28(32)29-25-13-9-6-10-14-25/h5,7-8,11-12,15-18,25-26H,3-4,6,9-10,13-14,19-21H2,1-2H3,(H,29,32). The zero-order valence-corrected chi connectivity index (χ0v) is 19.7. The van der Waals surface area contributed by atoms with Gasteiger partial charge < -0.3 is 10.2 Å². The average Bonchev–Trinajstić information content (AvgIpc) is 2.84. The molecule has 2 amide bonds. The van der Waals surface area contributed by atoms with Gasteiger partial charge in [0.15, 0.2) is 0 Å². The largest absolute Gasteiger partial charge is 0.352 e. The summed E-state index contributed by atoms with van der Waals surface area (Å²) in [5.41, 5.74) is 3.52. The lowest BCUT2D eigenvalue weighted by atomic mass is 9.95. The van der Waals surface area contributed by atoms with Crippen LogP contribution in [0.1, 0.15) is 75.5 Å². The van der Waals surface area contributed by atoms with Crippen molar-refractivity contribution in [1.29, 1.82) is 0 Å². The van der Waals surface area contributed by atoms with Gasteiger partial charge >= 0.3 is 0 Å². The Bertz CT molecular complexity index is 841. The van der Waals surface area contributed by atoms with Gasteiger partial charge in [-0.1, -0.05) is 87.7 Å². The number of hydrogen-bond donors (Lipinski definition) is 1. The highest BCUT2D eigenvalue weighted by molar-refractivity contribution is 5.88. The Morgan fingerprint density at radius 1 is 0.906 bits per heavy atom. The lowest BCUT2D eigenvalue weighted by Crippen LogP contribution is -2.51. The highest BCUT2D eigenvalue weighted by Gasteiger charge is 2.30. The second-order valence-electron chi connectivity index (χ2n) is 8.94. The van der Waals surface area contributed by atoms with Crippen molar-refractivity contribution in [3.63, 3.8) is 0 Å². The van der Waals surface area contributed by atoms with Crippen LogP contribution >= 0.6 is 0 Å². The number of carbonyl (C=O) groups is 2. The van der Waals surface area contributed by atoms with Crippen LogP contribution in [0.4, 0.5) is 0 Å². The Kier molecular flexibility index (Phi) is 9.33. The number of nitrogens with zero attached hydrogens (tertiary/aromatic N) is 1. The van der Waals surface area contributed by atoms with Crippen LogP contribution in [0.5, 0.6) is 0 Å². The SMILES string of the molecule is CCc1ccc(CCC(=O)N(Cc2ccccc2)C(CC)C(=O)NC2CCCCC2)cc1. The Morgan fingerprint density at radius 2 is 1.56 bits per heavy atom. The first-order valence-electron chi connectivity index (χ1n) is 12.3. The van der Waals surface area contributed by atoms with E-state index >= 15 is 0 Å². The summed E-state index contributed by atoms with van der Waals surface area (Å²) in [5, 5.41) is 3.24. The van der Waals surface area contributed by atoms with Gasteiger partial charge in [-0.2, -0.15) is 0 Å². The number of nitrogens with one attached hydrogen (secondary N) is 1. The minimum Gasteiger partial charge on any atom is -0.352 e. The first-order chi connectivity index (χ1) is 15.6. The van der Waals surface area contributed by atoms with Gasteiger partial charge in [0.25, 0.3) is 0 Å². The van der Waals surface area contributed by atoms with Crippen molar-refractivity contribution in [3.05, 3.63) is 71.3 Å². The Labute approximate surface area is 193 Å². The molecule has 0 radical (unpaired) electrons. The van der Waals surface area contributed by atoms with Crippen molar-refractivity contribution in [1.82, 2.24) is 10.2 Å². The van der Waals surface area contributed by atoms with E-state index in [9.17, 15) is 9.59 Å². The molecule has 1 aliphatic rings. The number of hydrogen-bond acceptors (Lipinski definition) is 2. The fraction of sp³-hybridized carbons (Fsp3) is 0.500. The molecule has 1 aliphatic carbocycles. The summed E-state index contributed by atoms with van der Waals surface area (Å²) < 4.78 is 0. The van der Waals surface area contributed by atoms with Crippen molar-refractivity contribution < 1.29 is 9.59 Å². The van der Waals surface area contributed by atoms with Gasteiger partial charge in [-0.15, -0.1) is 0 Å². The van der Waals surface area contributed by atoms with Crippen molar-refractivity contribution >= 4 is 11.8 Å². The van der Waals surface area contributed by atoms with Crippen LogP contribution in [0.15, 0.2) is 54.6 Å². The van der Waals surface area contributed by atoms with E-state index in [1.54, 1.807) is 4.90 Å². The zero-order chi connectivity index (χ0) is 22.8. The third-order valence-corrected chi connectivity index (χ3v) is 6.59. The smallest absolute Gasteiger partial charge is 0.243 e. The number of aryl methyl sites for hydroxylation is 2. The van der Waals surface area contributed by atoms with Gasteiger partial charge in [0.2, 0.25) is 11.8 Å². The van der Waals surface area contributed by atoms with Crippen LogP contribution in [0.3, 0.4) is 0 Å². The number of benzene rings is 2. The minimum atomic E-state index is -0.438. The number of carbonyl (C=O) groups excluding carboxylic acids is 2. The molecule has 1 fully saturated rings. The summed E-state index contributed by atoms with van der Waals surface area (Å²) in [6, 6.07) is 18.3. The first kappa shape index (κ1) is 24.0. The van der Waals surface area contributed by atoms with E-state index in [-0.39, 0.29) is 17.9 Å². The number of amides is 2. The van der Waals surface area contributed by atoms with E-state index in [4.69, 9.17) is 0 Å². The van der Waals surface area contributed by atoms with Crippen molar-refractivity contribution in [2.45, 2.75) is 90.3 Å². The third-order valence-electron chi connectivity index (χ3n) is 6.59. The molecule has 0 saturated heterocycles. The maximum Gasteiger partial charge on any atom is 0.243 e. The van der Waals surface area contributed by atoms with E-state index < -0.39 is 6.04 Å². The molecule has 32 heavy (non-hydrogen) atoms. The molecule has 1 atom stereocenters. The second-order valence-corrected chi connectivity index (χ2v) is 8.94. The molecule has 0 heterocycles. The molecule has 1 unspecified atom stereocenters. The molecule has 1 saturated carbocycles. The highest BCUT2D eigenvalue weighted by Crippen LogP contribution is 2.20. The van der Waals surface area contributed by atoms with Gasteiger partial charge in [-0.25, -0.2) is 0 Å². The number of rotatable bonds is 10. The minimum absolute atomic E-state index is 0.00372. The molecule has 3 rings (SSSR count). The maximum absolute atomic E-state index is 13.4. The molecular weight excluding hydrogens is 396 g/mol. The van der Waals surface area contributed by atoms with Gasteiger partial charge in [-0.3, -0.25) is 9.59 Å². The maximum atomic E-state index is 13.4. The molecule has 4 nitrogen and oxygen atoms in total. The van der Waals surface area contributed by atoms with Gasteiger partial charge in [-0.05, 0) is 48.8 Å². The molecule has 2 aromatic carbocycles. The van der Waals surface area contributed by atoms with Gasteiger partial charge in [0.1, 0.15) is 6.04 Å². The van der Waals surface area contributed by atoms with E-state index in [0.717, 1.165) is 30.4 Å². The summed E-state index contributed by atoms with van der Waals surface area (Å²) in [5.74, 6) is 0.0371. The van der Waals surface area contributed by atoms with Crippen molar-refractivity contribution in [3.8, 4) is 0 Å². The highest BCUT2D eigenvalue weighted by atomic mass is 16.2. The summed E-state index contributed by atoms with van der Waals surface area (Å²) in [6.45, 7) is 4.61. The zero-order valence-electron chi connectivity index (χ0n) is 19.7. The molecule has 2 aromatic rings. The summed E-state index contributed by atoms with van der Waals surface area (Å²) in [4.78, 5) is 28.4. The molecule has 0 spiro atoms. The van der Waals surface area contributed by atoms with Gasteiger partial charge in [0.05, 0.1) is 0 Å². The monoisotopic (exact) mass is 434 g/mol. The first-order valence-corrected chi connectivity index (χ1v) is 12.3. The van der Waals surface area contributed by atoms with Crippen LogP contribution in [0, 0.1) is 0 Å². The third kappa shape index (κ3) is 6.94. The molecule has 172 valence electrons. The lowest BCUT2D eigenvalue weighted by molar-refractivity contribution is -0.141. The average molecular weight is 435 g/mol. The van der Waals surface area contributed by atoms with Crippen LogP contribution < -0.4 is 5.32 Å². The normalized spacial score (nSPS) is 15.2. The molecule has 0 aliphatic heterocycles. The van der Waals surface area contributed by atoms with E-state index in [1.807, 2.05) is 37.3 Å². The topological polar surface area (TPSA) is 49.4 Å². The Morgan fingerprint density at radius 3 is 2.19 bits per heavy atom. The van der Waals surface area contributed by atoms with E-state index in [1.165, 1.54) is 24.8 Å². The Hall–Kier alpha value is -2.62. The fourth-order valence-corrected chi connectivity index (χ4v) is 4.58. The fourth-order valence-electron chi connectivity index (χ4n) is 4.58. The summed E-state index contributed by atoms with van der Waals surface area (Å²) in [7, 11) is 0. The van der Waals surface area contributed by atoms with Crippen molar-refractivity contribution in [2.75, 3.05) is 0 Å². The van der Waals surface area contributed by atoms with Crippen LogP contribution in [-0.4, -0.2) is 28.8 Å². The predicted octanol–water partition coefficient (Wildman–Crippen LogP) is 5.44. The van der Waals surface area contributed by atoms with Crippen LogP contribution in [-0.2, 0) is 29.0 Å². The van der Waals surface area contributed by atoms with E-state index in [0.29, 0.717) is 25.8 Å². The summed E-state index contributed by atoms with van der Waals surface area (Å²) >= 11 is 0. The molecule has 1 N–H and O–H groups in total. The second kappa shape index (κ2) is 12.4. The Balaban J connectivity index is 1.71. The summed E-state index contributed by atoms with van der Waals surface area (Å²) in [6.07, 6.45) is 8.41. The van der Waals surface area contributed by atoms with E-state index in [2.05, 4.69) is 36.5 Å². The molecular formula is C28H38N2O2. The molecule has 0 aromatic heterocycles. The molecule has 4 heteroatoms. The molecule has 0 bridgehead atoms. The van der Waals surface area contributed by atoms with Crippen LogP contribution in [0.25, 0.3) is 0 Å². The van der Waals surface area contributed by atoms with Crippen LogP contribution in [0.2, 0.25) is 0 Å². The predicted molar refractivity (Wildman–Crippen MR) is 130 cm³/mol. The van der Waals surface area contributed by atoms with Gasteiger partial charge in [0, 0.05) is 19.0 Å².